The van der Waals surface area contributed by atoms with Gasteiger partial charge in [0.2, 0.25) is 0 Å². The van der Waals surface area contributed by atoms with E-state index in [2.05, 4.69) is 31.1 Å². The van der Waals surface area contributed by atoms with Crippen LogP contribution >= 0.6 is 22.9 Å². The van der Waals surface area contributed by atoms with Gasteiger partial charge in [0.25, 0.3) is 0 Å². The van der Waals surface area contributed by atoms with Crippen molar-refractivity contribution in [1.82, 2.24) is 10.3 Å². The number of hydrogen-bond acceptors (Lipinski definition) is 3. The molecule has 86 valence electrons. The Balaban J connectivity index is 2.25. The Morgan fingerprint density at radius 1 is 1.47 bits per heavy atom. The van der Waals surface area contributed by atoms with E-state index >= 15 is 0 Å². The smallest absolute Gasteiger partial charge is 0.107 e. The van der Waals surface area contributed by atoms with Crippen molar-refractivity contribution in [1.29, 1.82) is 0 Å². The van der Waals surface area contributed by atoms with Gasteiger partial charge in [0.15, 0.2) is 0 Å². The number of nitrogens with one attached hydrogen (secondary N) is 1. The lowest BCUT2D eigenvalue weighted by Crippen LogP contribution is -2.20. The third-order valence-electron chi connectivity index (χ3n) is 2.44. The molecular formula is C11H19ClN2S. The number of hydrogen-bond donors (Lipinski definition) is 1. The third kappa shape index (κ3) is 4.49. The van der Waals surface area contributed by atoms with Crippen molar-refractivity contribution in [3.8, 4) is 0 Å². The molecule has 0 aromatic carbocycles. The Morgan fingerprint density at radius 2 is 2.20 bits per heavy atom. The lowest BCUT2D eigenvalue weighted by Gasteiger charge is -2.09. The molecule has 2 nitrogen and oxygen atoms in total. The molecule has 0 aliphatic heterocycles. The summed E-state index contributed by atoms with van der Waals surface area (Å²) in [7, 11) is 0. The number of aromatic nitrogens is 1. The summed E-state index contributed by atoms with van der Waals surface area (Å²) in [4.78, 5) is 5.80. The van der Waals surface area contributed by atoms with Gasteiger partial charge in [-0.2, -0.15) is 0 Å². The number of thiazole rings is 1. The Labute approximate surface area is 101 Å². The molecule has 0 aliphatic rings. The predicted octanol–water partition coefficient (Wildman–Crippen LogP) is 3.11. The molecular weight excluding hydrogens is 228 g/mol. The normalized spacial score (nSPS) is 13.1. The molecule has 15 heavy (non-hydrogen) atoms. The van der Waals surface area contributed by atoms with Gasteiger partial charge < -0.3 is 5.32 Å². The minimum absolute atomic E-state index is 0.643. The van der Waals surface area contributed by atoms with Gasteiger partial charge in [-0.15, -0.1) is 22.9 Å². The first-order valence-corrected chi connectivity index (χ1v) is 6.68. The number of alkyl halides is 1. The minimum Gasteiger partial charge on any atom is -0.310 e. The van der Waals surface area contributed by atoms with Crippen molar-refractivity contribution in [3.63, 3.8) is 0 Å². The zero-order valence-corrected chi connectivity index (χ0v) is 11.2. The van der Waals surface area contributed by atoms with E-state index in [9.17, 15) is 0 Å². The average Bonchev–Trinajstić information content (AvgIpc) is 2.46. The minimum atomic E-state index is 0.643. The lowest BCUT2D eigenvalue weighted by atomic mass is 10.1. The number of rotatable bonds is 6. The summed E-state index contributed by atoms with van der Waals surface area (Å²) >= 11 is 7.46. The lowest BCUT2D eigenvalue weighted by molar-refractivity contribution is 0.501. The second-order valence-electron chi connectivity index (χ2n) is 3.96. The second-order valence-corrected chi connectivity index (χ2v) is 5.63. The van der Waals surface area contributed by atoms with Gasteiger partial charge in [0, 0.05) is 17.3 Å². The van der Waals surface area contributed by atoms with E-state index in [0.29, 0.717) is 5.92 Å². The van der Waals surface area contributed by atoms with Crippen LogP contribution in [0.2, 0.25) is 0 Å². The highest BCUT2D eigenvalue weighted by Crippen LogP contribution is 2.16. The summed E-state index contributed by atoms with van der Waals surface area (Å²) in [6.45, 7) is 8.29. The molecule has 1 aromatic heterocycles. The van der Waals surface area contributed by atoms with Crippen molar-refractivity contribution < 1.29 is 0 Å². The Hall–Kier alpha value is -0.120. The molecule has 1 unspecified atom stereocenters. The van der Waals surface area contributed by atoms with Crippen molar-refractivity contribution in [2.75, 3.05) is 12.4 Å². The van der Waals surface area contributed by atoms with Crippen LogP contribution in [-0.2, 0) is 6.54 Å². The Bertz CT molecular complexity index is 279. The first kappa shape index (κ1) is 12.9. The van der Waals surface area contributed by atoms with Crippen LogP contribution in [0.5, 0.6) is 0 Å². The number of aryl methyl sites for hydroxylation is 2. The molecule has 0 saturated heterocycles. The van der Waals surface area contributed by atoms with Crippen LogP contribution in [-0.4, -0.2) is 17.4 Å². The van der Waals surface area contributed by atoms with Gasteiger partial charge >= 0.3 is 0 Å². The highest BCUT2D eigenvalue weighted by atomic mass is 35.5. The van der Waals surface area contributed by atoms with E-state index in [1.165, 1.54) is 9.88 Å². The van der Waals surface area contributed by atoms with Crippen LogP contribution < -0.4 is 5.32 Å². The van der Waals surface area contributed by atoms with Gasteiger partial charge in [0.1, 0.15) is 5.01 Å². The predicted molar refractivity (Wildman–Crippen MR) is 67.8 cm³/mol. The summed E-state index contributed by atoms with van der Waals surface area (Å²) in [6, 6.07) is 0. The molecule has 0 saturated carbocycles. The van der Waals surface area contributed by atoms with Gasteiger partial charge in [-0.05, 0) is 32.7 Å². The van der Waals surface area contributed by atoms with Crippen molar-refractivity contribution in [2.45, 2.75) is 33.7 Å². The fourth-order valence-corrected chi connectivity index (χ4v) is 2.60. The Morgan fingerprint density at radius 3 is 2.73 bits per heavy atom. The maximum absolute atomic E-state index is 5.68. The van der Waals surface area contributed by atoms with Crippen LogP contribution in [0, 0.1) is 19.8 Å². The molecule has 1 rings (SSSR count). The van der Waals surface area contributed by atoms with E-state index in [-0.39, 0.29) is 0 Å². The molecule has 0 aliphatic carbocycles. The van der Waals surface area contributed by atoms with Crippen molar-refractivity contribution >= 4 is 22.9 Å². The summed E-state index contributed by atoms with van der Waals surface area (Å²) in [5.41, 5.74) is 1.16. The van der Waals surface area contributed by atoms with E-state index in [1.807, 2.05) is 0 Å². The third-order valence-corrected chi connectivity index (χ3v) is 3.73. The zero-order valence-electron chi connectivity index (χ0n) is 9.64. The molecule has 1 N–H and O–H groups in total. The molecule has 0 bridgehead atoms. The summed E-state index contributed by atoms with van der Waals surface area (Å²) in [6.07, 6.45) is 1.07. The highest BCUT2D eigenvalue weighted by Gasteiger charge is 2.04. The molecule has 0 amide bonds. The van der Waals surface area contributed by atoms with Crippen LogP contribution in [0.4, 0.5) is 0 Å². The fourth-order valence-electron chi connectivity index (χ4n) is 1.33. The SMILES string of the molecule is Cc1nc(CNCC(C)CCCl)sc1C. The van der Waals surface area contributed by atoms with Gasteiger partial charge in [-0.3, -0.25) is 0 Å². The van der Waals surface area contributed by atoms with Gasteiger partial charge in [0.05, 0.1) is 5.69 Å². The molecule has 0 spiro atoms. The van der Waals surface area contributed by atoms with E-state index < -0.39 is 0 Å². The molecule has 0 fully saturated rings. The topological polar surface area (TPSA) is 24.9 Å². The van der Waals surface area contributed by atoms with Gasteiger partial charge in [-0.1, -0.05) is 6.92 Å². The maximum Gasteiger partial charge on any atom is 0.107 e. The molecule has 1 aromatic rings. The molecule has 0 radical (unpaired) electrons. The second kappa shape index (κ2) is 6.46. The molecule has 4 heteroatoms. The standard InChI is InChI=1S/C11H19ClN2S/c1-8(4-5-12)6-13-7-11-14-9(2)10(3)15-11/h8,13H,4-7H2,1-3H3. The van der Waals surface area contributed by atoms with E-state index in [1.54, 1.807) is 11.3 Å². The zero-order chi connectivity index (χ0) is 11.3. The van der Waals surface area contributed by atoms with Crippen LogP contribution in [0.1, 0.15) is 28.9 Å². The quantitative estimate of drug-likeness (QED) is 0.781. The molecule has 1 atom stereocenters. The summed E-state index contributed by atoms with van der Waals surface area (Å²) < 4.78 is 0. The van der Waals surface area contributed by atoms with Gasteiger partial charge in [-0.25, -0.2) is 4.98 Å². The highest BCUT2D eigenvalue weighted by molar-refractivity contribution is 7.11. The Kier molecular flexibility index (Phi) is 5.58. The summed E-state index contributed by atoms with van der Waals surface area (Å²) in [5.74, 6) is 1.39. The number of halogens is 1. The monoisotopic (exact) mass is 246 g/mol. The van der Waals surface area contributed by atoms with Crippen LogP contribution in [0.25, 0.3) is 0 Å². The average molecular weight is 247 g/mol. The largest absolute Gasteiger partial charge is 0.310 e. The summed E-state index contributed by atoms with van der Waals surface area (Å²) in [5, 5.41) is 4.60. The first-order valence-electron chi connectivity index (χ1n) is 5.33. The van der Waals surface area contributed by atoms with Crippen LogP contribution in [0.15, 0.2) is 0 Å². The van der Waals surface area contributed by atoms with Crippen LogP contribution in [0.3, 0.4) is 0 Å². The molecule has 1 heterocycles. The van der Waals surface area contributed by atoms with E-state index in [0.717, 1.165) is 31.1 Å². The van der Waals surface area contributed by atoms with Crippen molar-refractivity contribution in [3.05, 3.63) is 15.6 Å². The number of nitrogens with zero attached hydrogens (tertiary/aromatic N) is 1. The first-order chi connectivity index (χ1) is 7.13. The van der Waals surface area contributed by atoms with Crippen molar-refractivity contribution in [2.24, 2.45) is 5.92 Å². The van der Waals surface area contributed by atoms with E-state index in [4.69, 9.17) is 11.6 Å². The maximum atomic E-state index is 5.68. The fraction of sp³-hybridized carbons (Fsp3) is 0.727.